The van der Waals surface area contributed by atoms with Crippen LogP contribution in [0.25, 0.3) is 0 Å². The van der Waals surface area contributed by atoms with Gasteiger partial charge in [0, 0.05) is 17.4 Å². The molecule has 1 heterocycles. The average molecular weight is 391 g/mol. The molecule has 29 heavy (non-hydrogen) atoms. The smallest absolute Gasteiger partial charge is 0.338 e. The minimum atomic E-state index is -0.939. The molecule has 0 spiro atoms. The fourth-order valence-corrected chi connectivity index (χ4v) is 3.34. The monoisotopic (exact) mass is 391 g/mol. The van der Waals surface area contributed by atoms with Crippen molar-refractivity contribution in [3.8, 4) is 6.07 Å². The van der Waals surface area contributed by atoms with Crippen LogP contribution in [-0.2, 0) is 20.7 Å². The highest BCUT2D eigenvalue weighted by Crippen LogP contribution is 2.32. The lowest BCUT2D eigenvalue weighted by atomic mass is 10.1. The third kappa shape index (κ3) is 4.43. The summed E-state index contributed by atoms with van der Waals surface area (Å²) in [6, 6.07) is 15.5. The summed E-state index contributed by atoms with van der Waals surface area (Å²) in [7, 11) is 0. The van der Waals surface area contributed by atoms with Crippen molar-refractivity contribution in [3.05, 3.63) is 59.7 Å². The van der Waals surface area contributed by atoms with Crippen LogP contribution in [0.3, 0.4) is 0 Å². The fraction of sp³-hybridized carbons (Fsp3) is 0.273. The van der Waals surface area contributed by atoms with Gasteiger partial charge in [0.2, 0.25) is 5.91 Å². The van der Waals surface area contributed by atoms with Crippen LogP contribution in [0.4, 0.5) is 11.4 Å². The van der Waals surface area contributed by atoms with Crippen LogP contribution >= 0.6 is 0 Å². The molecule has 2 aromatic rings. The number of ether oxygens (including phenoxy) is 1. The van der Waals surface area contributed by atoms with E-state index >= 15 is 0 Å². The van der Waals surface area contributed by atoms with E-state index in [0.717, 1.165) is 17.7 Å². The Hall–Kier alpha value is -3.66. The predicted molar refractivity (Wildman–Crippen MR) is 107 cm³/mol. The normalized spacial score (nSPS) is 15.8. The first kappa shape index (κ1) is 20.1. The lowest BCUT2D eigenvalue weighted by Crippen LogP contribution is -2.43. The number of hydrogen-bond acceptors (Lipinski definition) is 5. The number of amides is 2. The zero-order valence-electron chi connectivity index (χ0n) is 16.2. The standard InChI is InChI=1S/C22H21N3O4/c1-14-13-17-5-3-4-6-19(17)25(14)21(27)15(2)29-22(28)16-7-9-18(10-8-16)24-20(26)11-12-23/h3-10,14-15H,11,13H2,1-2H3,(H,24,26)/t14-,15-/m1/s1. The number of rotatable bonds is 5. The van der Waals surface area contributed by atoms with Gasteiger partial charge in [-0.15, -0.1) is 0 Å². The maximum absolute atomic E-state index is 12.9. The summed E-state index contributed by atoms with van der Waals surface area (Å²) >= 11 is 0. The molecule has 2 atom stereocenters. The number of hydrogen-bond donors (Lipinski definition) is 1. The molecule has 0 radical (unpaired) electrons. The summed E-state index contributed by atoms with van der Waals surface area (Å²) in [4.78, 5) is 38.4. The van der Waals surface area contributed by atoms with Crippen LogP contribution in [0.1, 0.15) is 36.2 Å². The minimum Gasteiger partial charge on any atom is -0.449 e. The summed E-state index contributed by atoms with van der Waals surface area (Å²) in [6.45, 7) is 3.52. The number of nitriles is 1. The molecule has 1 aliphatic rings. The molecule has 0 saturated carbocycles. The molecular formula is C22H21N3O4. The van der Waals surface area contributed by atoms with E-state index in [9.17, 15) is 14.4 Å². The van der Waals surface area contributed by atoms with Crippen molar-refractivity contribution in [2.24, 2.45) is 0 Å². The van der Waals surface area contributed by atoms with Crippen LogP contribution in [0.15, 0.2) is 48.5 Å². The largest absolute Gasteiger partial charge is 0.449 e. The Morgan fingerprint density at radius 3 is 2.59 bits per heavy atom. The van der Waals surface area contributed by atoms with Gasteiger partial charge in [-0.25, -0.2) is 4.79 Å². The lowest BCUT2D eigenvalue weighted by Gasteiger charge is -2.26. The maximum Gasteiger partial charge on any atom is 0.338 e. The number of para-hydroxylation sites is 1. The van der Waals surface area contributed by atoms with Crippen LogP contribution in [0.5, 0.6) is 0 Å². The summed E-state index contributed by atoms with van der Waals surface area (Å²) in [6.07, 6.45) is -0.422. The van der Waals surface area contributed by atoms with Crippen LogP contribution in [-0.4, -0.2) is 29.9 Å². The molecule has 7 heteroatoms. The second-order valence-electron chi connectivity index (χ2n) is 6.90. The van der Waals surface area contributed by atoms with E-state index in [-0.39, 0.29) is 23.9 Å². The first-order chi connectivity index (χ1) is 13.9. The van der Waals surface area contributed by atoms with Gasteiger partial charge < -0.3 is 15.0 Å². The van der Waals surface area contributed by atoms with Crippen molar-refractivity contribution < 1.29 is 19.1 Å². The number of anilines is 2. The zero-order valence-corrected chi connectivity index (χ0v) is 16.2. The van der Waals surface area contributed by atoms with Crippen molar-refractivity contribution in [3.63, 3.8) is 0 Å². The number of benzene rings is 2. The van der Waals surface area contributed by atoms with Gasteiger partial charge in [0.1, 0.15) is 6.42 Å². The molecule has 0 unspecified atom stereocenters. The molecular weight excluding hydrogens is 370 g/mol. The number of nitrogens with one attached hydrogen (secondary N) is 1. The van der Waals surface area contributed by atoms with Gasteiger partial charge >= 0.3 is 5.97 Å². The van der Waals surface area contributed by atoms with Crippen LogP contribution in [0, 0.1) is 11.3 Å². The second kappa shape index (κ2) is 8.57. The summed E-state index contributed by atoms with van der Waals surface area (Å²) in [5.74, 6) is -1.32. The predicted octanol–water partition coefficient (Wildman–Crippen LogP) is 3.06. The van der Waals surface area contributed by atoms with Gasteiger partial charge in [-0.05, 0) is 56.2 Å². The molecule has 0 saturated heterocycles. The summed E-state index contributed by atoms with van der Waals surface area (Å²) in [5, 5.41) is 11.1. The quantitative estimate of drug-likeness (QED) is 0.790. The van der Waals surface area contributed by atoms with Crippen molar-refractivity contribution >= 4 is 29.2 Å². The topological polar surface area (TPSA) is 99.5 Å². The van der Waals surface area contributed by atoms with Gasteiger partial charge in [-0.2, -0.15) is 5.26 Å². The number of carbonyl (C=O) groups excluding carboxylic acids is 3. The van der Waals surface area contributed by atoms with E-state index in [0.29, 0.717) is 5.69 Å². The van der Waals surface area contributed by atoms with Crippen molar-refractivity contribution in [2.45, 2.75) is 38.8 Å². The molecule has 7 nitrogen and oxygen atoms in total. The second-order valence-corrected chi connectivity index (χ2v) is 6.90. The van der Waals surface area contributed by atoms with Crippen molar-refractivity contribution in [1.29, 1.82) is 5.26 Å². The number of nitrogens with zero attached hydrogens (tertiary/aromatic N) is 2. The summed E-state index contributed by atoms with van der Waals surface area (Å²) in [5.41, 5.74) is 2.68. The SMILES string of the molecule is C[C@@H]1Cc2ccccc2N1C(=O)[C@@H](C)OC(=O)c1ccc(NC(=O)CC#N)cc1. The minimum absolute atomic E-state index is 0.00245. The molecule has 1 N–H and O–H groups in total. The van der Waals surface area contributed by atoms with E-state index in [2.05, 4.69) is 5.32 Å². The van der Waals surface area contributed by atoms with E-state index in [1.807, 2.05) is 31.2 Å². The van der Waals surface area contributed by atoms with Gasteiger partial charge in [0.15, 0.2) is 6.10 Å². The molecule has 1 aliphatic heterocycles. The Morgan fingerprint density at radius 2 is 1.90 bits per heavy atom. The third-order valence-corrected chi connectivity index (χ3v) is 4.72. The molecule has 0 aromatic heterocycles. The number of fused-ring (bicyclic) bond motifs is 1. The first-order valence-electron chi connectivity index (χ1n) is 9.29. The highest BCUT2D eigenvalue weighted by molar-refractivity contribution is 6.01. The average Bonchev–Trinajstić information content (AvgIpc) is 3.03. The Kier molecular flexibility index (Phi) is 5.93. The van der Waals surface area contributed by atoms with Gasteiger partial charge in [0.25, 0.3) is 5.91 Å². The van der Waals surface area contributed by atoms with Crippen molar-refractivity contribution in [1.82, 2.24) is 0 Å². The van der Waals surface area contributed by atoms with E-state index < -0.39 is 18.0 Å². The first-order valence-corrected chi connectivity index (χ1v) is 9.29. The lowest BCUT2D eigenvalue weighted by molar-refractivity contribution is -0.126. The highest BCUT2D eigenvalue weighted by Gasteiger charge is 2.34. The third-order valence-electron chi connectivity index (χ3n) is 4.72. The van der Waals surface area contributed by atoms with Gasteiger partial charge in [-0.3, -0.25) is 9.59 Å². The Labute approximate surface area is 168 Å². The zero-order chi connectivity index (χ0) is 21.0. The molecule has 0 bridgehead atoms. The van der Waals surface area contributed by atoms with E-state index in [4.69, 9.17) is 10.00 Å². The van der Waals surface area contributed by atoms with E-state index in [1.54, 1.807) is 17.9 Å². The molecule has 148 valence electrons. The van der Waals surface area contributed by atoms with Crippen LogP contribution in [0.2, 0.25) is 0 Å². The Morgan fingerprint density at radius 1 is 1.21 bits per heavy atom. The molecule has 0 fully saturated rings. The van der Waals surface area contributed by atoms with Crippen LogP contribution < -0.4 is 10.2 Å². The molecule has 0 aliphatic carbocycles. The number of esters is 1. The van der Waals surface area contributed by atoms with Gasteiger partial charge in [-0.1, -0.05) is 18.2 Å². The molecule has 2 amide bonds. The Bertz CT molecular complexity index is 978. The summed E-state index contributed by atoms with van der Waals surface area (Å²) < 4.78 is 5.37. The molecule has 3 rings (SSSR count). The van der Waals surface area contributed by atoms with E-state index in [1.165, 1.54) is 24.3 Å². The number of carbonyl (C=O) groups is 3. The highest BCUT2D eigenvalue weighted by atomic mass is 16.5. The van der Waals surface area contributed by atoms with Crippen molar-refractivity contribution in [2.75, 3.05) is 10.2 Å². The van der Waals surface area contributed by atoms with Gasteiger partial charge in [0.05, 0.1) is 11.6 Å². The fourth-order valence-electron chi connectivity index (χ4n) is 3.34. The maximum atomic E-state index is 12.9. The Balaban J connectivity index is 1.64. The molecule has 2 aromatic carbocycles.